The maximum atomic E-state index is 11.2. The molecule has 316 valence electrons. The summed E-state index contributed by atoms with van der Waals surface area (Å²) in [4.78, 5) is 11.2. The predicted molar refractivity (Wildman–Crippen MR) is 194 cm³/mol. The molecule has 0 aromatic rings. The van der Waals surface area contributed by atoms with Crippen LogP contribution in [-0.2, 0) is 80.6 Å². The van der Waals surface area contributed by atoms with Gasteiger partial charge in [0.2, 0.25) is 0 Å². The molecule has 0 aromatic carbocycles. The molecular formula is C36H70O17. The normalized spacial score (nSPS) is 11.4. The van der Waals surface area contributed by atoms with Crippen LogP contribution in [0, 0.1) is 0 Å². The smallest absolute Gasteiger partial charge is 0.333 e. The quantitative estimate of drug-likeness (QED) is 0.0494. The molecule has 0 saturated heterocycles. The van der Waals surface area contributed by atoms with Crippen molar-refractivity contribution in [2.24, 2.45) is 0 Å². The van der Waals surface area contributed by atoms with E-state index in [1.165, 1.54) is 0 Å². The maximum absolute atomic E-state index is 11.2. The molecule has 0 atom stereocenters. The Morgan fingerprint density at radius 3 is 0.604 bits per heavy atom. The highest BCUT2D eigenvalue weighted by Gasteiger charge is 2.02. The highest BCUT2D eigenvalue weighted by molar-refractivity contribution is 5.86. The molecule has 0 aliphatic rings. The minimum Gasteiger partial charge on any atom is -0.460 e. The summed E-state index contributed by atoms with van der Waals surface area (Å²) in [6, 6.07) is 0. The average Bonchev–Trinajstić information content (AvgIpc) is 3.16. The molecule has 0 fully saturated rings. The molecule has 0 aliphatic heterocycles. The minimum absolute atomic E-state index is 0.196. The van der Waals surface area contributed by atoms with Crippen LogP contribution in [0.3, 0.4) is 0 Å². The Bertz CT molecular complexity index is 734. The van der Waals surface area contributed by atoms with Gasteiger partial charge in [0.1, 0.15) is 6.61 Å². The summed E-state index contributed by atoms with van der Waals surface area (Å²) in [7, 11) is 0. The molecule has 0 radical (unpaired) electrons. The average molecular weight is 775 g/mol. The van der Waals surface area contributed by atoms with Crippen molar-refractivity contribution in [3.05, 3.63) is 12.2 Å². The van der Waals surface area contributed by atoms with E-state index < -0.39 is 5.97 Å². The summed E-state index contributed by atoms with van der Waals surface area (Å²) in [6.45, 7) is 22.4. The second kappa shape index (κ2) is 46.8. The summed E-state index contributed by atoms with van der Waals surface area (Å²) >= 11 is 0. The Hall–Kier alpha value is -1.39. The molecule has 0 rings (SSSR count). The number of carbonyl (C=O) groups is 1. The van der Waals surface area contributed by atoms with Crippen molar-refractivity contribution in [2.75, 3.05) is 205 Å². The van der Waals surface area contributed by atoms with Gasteiger partial charge in [-0.2, -0.15) is 0 Å². The Morgan fingerprint density at radius 2 is 0.453 bits per heavy atom. The van der Waals surface area contributed by atoms with Crippen molar-refractivity contribution in [1.29, 1.82) is 0 Å². The minimum atomic E-state index is -0.415. The van der Waals surface area contributed by atoms with Gasteiger partial charge >= 0.3 is 5.97 Å². The van der Waals surface area contributed by atoms with Gasteiger partial charge in [0.05, 0.1) is 192 Å². The molecule has 17 heteroatoms. The SMILES string of the molecule is C=C(C)C(=O)OCCOCCOCCOCCOCCOCCOCCOCCOCCOCCOCCOCCOCCOCCOCCOCC. The van der Waals surface area contributed by atoms with Gasteiger partial charge in [0.15, 0.2) is 0 Å². The lowest BCUT2D eigenvalue weighted by molar-refractivity contribution is -0.140. The fourth-order valence-corrected chi connectivity index (χ4v) is 3.54. The molecule has 0 aromatic heterocycles. The number of hydrogen-bond acceptors (Lipinski definition) is 17. The zero-order valence-corrected chi connectivity index (χ0v) is 32.6. The van der Waals surface area contributed by atoms with Crippen molar-refractivity contribution in [1.82, 2.24) is 0 Å². The molecule has 0 saturated carbocycles. The number of carbonyl (C=O) groups excluding carboxylic acids is 1. The van der Waals surface area contributed by atoms with E-state index in [4.69, 9.17) is 75.8 Å². The van der Waals surface area contributed by atoms with E-state index in [-0.39, 0.29) is 6.61 Å². The van der Waals surface area contributed by atoms with Crippen LogP contribution in [0.5, 0.6) is 0 Å². The molecule has 0 amide bonds. The fourth-order valence-electron chi connectivity index (χ4n) is 3.54. The Labute approximate surface area is 317 Å². The van der Waals surface area contributed by atoms with E-state index in [0.717, 1.165) is 0 Å². The van der Waals surface area contributed by atoms with E-state index >= 15 is 0 Å². The highest BCUT2D eigenvalue weighted by Crippen LogP contribution is 1.92. The largest absolute Gasteiger partial charge is 0.460 e. The first-order valence-corrected chi connectivity index (χ1v) is 18.7. The first-order chi connectivity index (χ1) is 26.2. The third kappa shape index (κ3) is 46.7. The molecule has 0 bridgehead atoms. The van der Waals surface area contributed by atoms with E-state index in [0.29, 0.717) is 204 Å². The van der Waals surface area contributed by atoms with Crippen LogP contribution in [-0.4, -0.2) is 211 Å². The lowest BCUT2D eigenvalue weighted by Gasteiger charge is -2.09. The van der Waals surface area contributed by atoms with Crippen molar-refractivity contribution in [2.45, 2.75) is 13.8 Å². The van der Waals surface area contributed by atoms with Crippen LogP contribution < -0.4 is 0 Å². The van der Waals surface area contributed by atoms with E-state index in [1.807, 2.05) is 6.92 Å². The fraction of sp³-hybridized carbons (Fsp3) is 0.917. The van der Waals surface area contributed by atoms with Gasteiger partial charge in [0.25, 0.3) is 0 Å². The topological polar surface area (TPSA) is 165 Å². The van der Waals surface area contributed by atoms with E-state index in [2.05, 4.69) is 6.58 Å². The Kier molecular flexibility index (Phi) is 45.5. The molecule has 53 heavy (non-hydrogen) atoms. The number of esters is 1. The highest BCUT2D eigenvalue weighted by atomic mass is 16.6. The van der Waals surface area contributed by atoms with Gasteiger partial charge in [-0.3, -0.25) is 0 Å². The summed E-state index contributed by atoms with van der Waals surface area (Å²) in [5.41, 5.74) is 0.368. The zero-order valence-electron chi connectivity index (χ0n) is 32.6. The Morgan fingerprint density at radius 1 is 0.302 bits per heavy atom. The maximum Gasteiger partial charge on any atom is 0.333 e. The standard InChI is InChI=1S/C36H70O17/c1-4-38-5-6-39-7-8-40-9-10-41-11-12-42-13-14-43-15-16-44-17-18-45-19-20-46-21-22-47-23-24-48-25-26-49-27-28-50-29-30-51-31-32-52-33-34-53-36(37)35(2)3/h2,4-34H2,1,3H3. The van der Waals surface area contributed by atoms with Crippen LogP contribution in [0.15, 0.2) is 12.2 Å². The molecule has 0 spiro atoms. The van der Waals surface area contributed by atoms with Gasteiger partial charge in [-0.25, -0.2) is 4.79 Å². The summed E-state index contributed by atoms with van der Waals surface area (Å²) in [6.07, 6.45) is 0. The van der Waals surface area contributed by atoms with E-state index in [1.54, 1.807) is 6.92 Å². The van der Waals surface area contributed by atoms with Crippen molar-refractivity contribution in [3.8, 4) is 0 Å². The van der Waals surface area contributed by atoms with Gasteiger partial charge in [-0.1, -0.05) is 6.58 Å². The summed E-state index contributed by atoms with van der Waals surface area (Å²) < 4.78 is 86.3. The summed E-state index contributed by atoms with van der Waals surface area (Å²) in [5.74, 6) is -0.415. The first kappa shape index (κ1) is 51.6. The number of ether oxygens (including phenoxy) is 16. The molecule has 0 aliphatic carbocycles. The van der Waals surface area contributed by atoms with Gasteiger partial charge in [-0.15, -0.1) is 0 Å². The van der Waals surface area contributed by atoms with Crippen molar-refractivity contribution < 1.29 is 80.6 Å². The van der Waals surface area contributed by atoms with Crippen LogP contribution in [0.4, 0.5) is 0 Å². The van der Waals surface area contributed by atoms with Crippen LogP contribution in [0.2, 0.25) is 0 Å². The molecule has 0 unspecified atom stereocenters. The number of rotatable bonds is 47. The van der Waals surface area contributed by atoms with Crippen LogP contribution in [0.25, 0.3) is 0 Å². The molecule has 17 nitrogen and oxygen atoms in total. The van der Waals surface area contributed by atoms with Crippen molar-refractivity contribution >= 4 is 5.97 Å². The molecule has 0 N–H and O–H groups in total. The van der Waals surface area contributed by atoms with E-state index in [9.17, 15) is 4.79 Å². The monoisotopic (exact) mass is 774 g/mol. The van der Waals surface area contributed by atoms with Crippen LogP contribution >= 0.6 is 0 Å². The van der Waals surface area contributed by atoms with Gasteiger partial charge < -0.3 is 75.8 Å². The predicted octanol–water partition coefficient (Wildman–Crippen LogP) is 1.37. The third-order valence-electron chi connectivity index (χ3n) is 6.22. The third-order valence-corrected chi connectivity index (χ3v) is 6.22. The number of hydrogen-bond donors (Lipinski definition) is 0. The second-order valence-corrected chi connectivity index (χ2v) is 10.7. The lowest BCUT2D eigenvalue weighted by atomic mass is 10.4. The van der Waals surface area contributed by atoms with Crippen molar-refractivity contribution in [3.63, 3.8) is 0 Å². The van der Waals surface area contributed by atoms with Crippen LogP contribution in [0.1, 0.15) is 13.8 Å². The van der Waals surface area contributed by atoms with Gasteiger partial charge in [-0.05, 0) is 13.8 Å². The molecule has 0 heterocycles. The second-order valence-electron chi connectivity index (χ2n) is 10.7. The Balaban J connectivity index is 3.07. The zero-order chi connectivity index (χ0) is 38.4. The summed E-state index contributed by atoms with van der Waals surface area (Å²) in [5, 5.41) is 0. The lowest BCUT2D eigenvalue weighted by Crippen LogP contribution is -2.16. The molecular weight excluding hydrogens is 704 g/mol. The van der Waals surface area contributed by atoms with Gasteiger partial charge in [0, 0.05) is 12.2 Å². The first-order valence-electron chi connectivity index (χ1n) is 18.7.